The first-order valence-corrected chi connectivity index (χ1v) is 13.2. The van der Waals surface area contributed by atoms with Crippen LogP contribution in [0, 0.1) is 0 Å². The number of nitrogens with one attached hydrogen (secondary N) is 1. The minimum Gasteiger partial charge on any atom is -0.308 e. The van der Waals surface area contributed by atoms with Crippen LogP contribution in [0.2, 0.25) is 5.02 Å². The summed E-state index contributed by atoms with van der Waals surface area (Å²) in [5.41, 5.74) is 1.50. The lowest BCUT2D eigenvalue weighted by Crippen LogP contribution is -2.38. The topological polar surface area (TPSA) is 131 Å². The molecule has 0 spiro atoms. The lowest BCUT2D eigenvalue weighted by molar-refractivity contribution is 0.101. The van der Waals surface area contributed by atoms with Crippen molar-refractivity contribution in [3.8, 4) is 0 Å². The van der Waals surface area contributed by atoms with Gasteiger partial charge >= 0.3 is 0 Å². The molecule has 3 heterocycles. The van der Waals surface area contributed by atoms with Gasteiger partial charge in [-0.05, 0) is 55.7 Å². The third-order valence-electron chi connectivity index (χ3n) is 6.35. The zero-order valence-electron chi connectivity index (χ0n) is 19.4. The van der Waals surface area contributed by atoms with Crippen LogP contribution in [-0.2, 0) is 16.6 Å². The highest BCUT2D eigenvalue weighted by molar-refractivity contribution is 7.89. The van der Waals surface area contributed by atoms with Crippen LogP contribution < -0.4 is 5.56 Å². The Balaban J connectivity index is 1.37. The average Bonchev–Trinajstić information content (AvgIpc) is 3.27. The smallest absolute Gasteiger partial charge is 0.281 e. The number of hydrogen-bond acceptors (Lipinski definition) is 7. The van der Waals surface area contributed by atoms with Crippen LogP contribution in [0.5, 0.6) is 0 Å². The van der Waals surface area contributed by atoms with E-state index in [1.807, 2.05) is 6.07 Å². The number of Topliss-reactive ketones (excluding diaryl/α,β-unsaturated/α-hetero) is 1. The largest absolute Gasteiger partial charge is 0.308 e. The monoisotopic (exact) mass is 526 g/mol. The van der Waals surface area contributed by atoms with Gasteiger partial charge in [0.2, 0.25) is 10.0 Å². The number of rotatable bonds is 6. The van der Waals surface area contributed by atoms with Crippen molar-refractivity contribution in [2.45, 2.75) is 37.1 Å². The third kappa shape index (κ3) is 4.69. The fraction of sp³-hybridized carbons (Fsp3) is 0.292. The number of H-pyrrole nitrogens is 1. The zero-order valence-corrected chi connectivity index (χ0v) is 21.0. The molecule has 4 aromatic rings. The van der Waals surface area contributed by atoms with Gasteiger partial charge in [0.05, 0.1) is 11.4 Å². The first-order chi connectivity index (χ1) is 17.2. The number of carbonyl (C=O) groups is 1. The van der Waals surface area contributed by atoms with E-state index in [0.717, 1.165) is 5.56 Å². The van der Waals surface area contributed by atoms with E-state index in [0.29, 0.717) is 54.5 Å². The lowest BCUT2D eigenvalue weighted by Gasteiger charge is -2.30. The van der Waals surface area contributed by atoms with E-state index >= 15 is 0 Å². The molecule has 36 heavy (non-hydrogen) atoms. The molecular weight excluding hydrogens is 504 g/mol. The van der Waals surface area contributed by atoms with E-state index in [-0.39, 0.29) is 22.1 Å². The van der Waals surface area contributed by atoms with Gasteiger partial charge in [0.15, 0.2) is 16.9 Å². The number of sulfonamides is 1. The van der Waals surface area contributed by atoms with E-state index in [1.165, 1.54) is 28.0 Å². The summed E-state index contributed by atoms with van der Waals surface area (Å²) in [6.45, 7) is 2.40. The molecule has 0 unspecified atom stereocenters. The fourth-order valence-corrected chi connectivity index (χ4v) is 5.97. The highest BCUT2D eigenvalue weighted by atomic mass is 35.5. The van der Waals surface area contributed by atoms with E-state index < -0.39 is 15.6 Å². The molecular formula is C24H23ClN6O4S. The fourth-order valence-electron chi connectivity index (χ4n) is 4.37. The number of hydrogen-bond donors (Lipinski definition) is 1. The van der Waals surface area contributed by atoms with Crippen molar-refractivity contribution in [2.24, 2.45) is 0 Å². The van der Waals surface area contributed by atoms with Gasteiger partial charge in [0.25, 0.3) is 5.56 Å². The van der Waals surface area contributed by atoms with Gasteiger partial charge < -0.3 is 4.98 Å². The highest BCUT2D eigenvalue weighted by Gasteiger charge is 2.31. The number of ketones is 1. The number of aromatic amines is 1. The maximum absolute atomic E-state index is 13.0. The number of benzene rings is 2. The molecule has 0 radical (unpaired) electrons. The molecule has 186 valence electrons. The summed E-state index contributed by atoms with van der Waals surface area (Å²) in [7, 11) is -3.64. The molecule has 0 bridgehead atoms. The molecule has 0 saturated carbocycles. The van der Waals surface area contributed by atoms with Gasteiger partial charge in [-0.15, -0.1) is 5.10 Å². The van der Waals surface area contributed by atoms with Crippen LogP contribution in [0.4, 0.5) is 0 Å². The second-order valence-corrected chi connectivity index (χ2v) is 11.1. The predicted molar refractivity (Wildman–Crippen MR) is 134 cm³/mol. The van der Waals surface area contributed by atoms with Crippen molar-refractivity contribution in [1.29, 1.82) is 0 Å². The standard InChI is InChI=1S/C24H23ClN6O4S/c1-15(32)18-4-2-3-16(13-18)14-31-23-21(28-29-31)24(33)27-22(26-23)17-9-11-30(12-10-17)36(34,35)20-7-5-19(25)6-8-20/h2-8,13,17H,9-12,14H2,1H3,(H,26,27,33). The molecule has 1 aliphatic heterocycles. The van der Waals surface area contributed by atoms with E-state index in [4.69, 9.17) is 11.6 Å². The summed E-state index contributed by atoms with van der Waals surface area (Å²) >= 11 is 5.89. The van der Waals surface area contributed by atoms with Gasteiger partial charge in [-0.1, -0.05) is 35.0 Å². The average molecular weight is 527 g/mol. The Bertz CT molecular complexity index is 1610. The van der Waals surface area contributed by atoms with Crippen LogP contribution in [0.3, 0.4) is 0 Å². The van der Waals surface area contributed by atoms with E-state index in [9.17, 15) is 18.0 Å². The molecule has 5 rings (SSSR count). The van der Waals surface area contributed by atoms with Crippen LogP contribution in [0.15, 0.2) is 58.2 Å². The molecule has 0 aliphatic carbocycles. The second kappa shape index (κ2) is 9.57. The number of aromatic nitrogens is 5. The minimum absolute atomic E-state index is 0.0402. The summed E-state index contributed by atoms with van der Waals surface area (Å²) in [5, 5.41) is 8.55. The van der Waals surface area contributed by atoms with Gasteiger partial charge in [0.1, 0.15) is 5.82 Å². The van der Waals surface area contributed by atoms with Gasteiger partial charge in [0, 0.05) is 29.6 Å². The molecule has 2 aromatic carbocycles. The van der Waals surface area contributed by atoms with Gasteiger partial charge in [-0.25, -0.2) is 18.1 Å². The Labute approximate surface area is 212 Å². The summed E-state index contributed by atoms with van der Waals surface area (Å²) < 4.78 is 29.0. The molecule has 0 atom stereocenters. The second-order valence-electron chi connectivity index (χ2n) is 8.76. The van der Waals surface area contributed by atoms with Crippen LogP contribution in [0.1, 0.15) is 47.4 Å². The van der Waals surface area contributed by atoms with E-state index in [2.05, 4.69) is 20.3 Å². The van der Waals surface area contributed by atoms with Crippen molar-refractivity contribution in [2.75, 3.05) is 13.1 Å². The number of fused-ring (bicyclic) bond motifs is 1. The molecule has 12 heteroatoms. The molecule has 0 amide bonds. The molecule has 1 fully saturated rings. The maximum Gasteiger partial charge on any atom is 0.281 e. The van der Waals surface area contributed by atoms with Crippen LogP contribution in [-0.4, -0.2) is 56.6 Å². The summed E-state index contributed by atoms with van der Waals surface area (Å²) in [6.07, 6.45) is 1.01. The Kier molecular flexibility index (Phi) is 6.45. The zero-order chi connectivity index (χ0) is 25.4. The molecule has 1 aliphatic rings. The quantitative estimate of drug-likeness (QED) is 0.382. The first-order valence-electron chi connectivity index (χ1n) is 11.4. The minimum atomic E-state index is -3.64. The normalized spacial score (nSPS) is 15.4. The van der Waals surface area contributed by atoms with Gasteiger partial charge in [-0.3, -0.25) is 9.59 Å². The molecule has 10 nitrogen and oxygen atoms in total. The lowest BCUT2D eigenvalue weighted by atomic mass is 9.97. The number of nitrogens with zero attached hydrogens (tertiary/aromatic N) is 5. The van der Waals surface area contributed by atoms with Crippen LogP contribution >= 0.6 is 11.6 Å². The van der Waals surface area contributed by atoms with Crippen molar-refractivity contribution in [3.05, 3.63) is 80.9 Å². The third-order valence-corrected chi connectivity index (χ3v) is 8.51. The van der Waals surface area contributed by atoms with Crippen molar-refractivity contribution in [1.82, 2.24) is 29.3 Å². The number of piperidine rings is 1. The summed E-state index contributed by atoms with van der Waals surface area (Å²) in [5.74, 6) is 0.321. The Morgan fingerprint density at radius 1 is 1.14 bits per heavy atom. The number of halogens is 1. The van der Waals surface area contributed by atoms with Crippen molar-refractivity contribution in [3.63, 3.8) is 0 Å². The highest BCUT2D eigenvalue weighted by Crippen LogP contribution is 2.29. The SMILES string of the molecule is CC(=O)c1cccc(Cn2nnc3c(=O)[nH]c(C4CCN(S(=O)(=O)c5ccc(Cl)cc5)CC4)nc32)c1. The van der Waals surface area contributed by atoms with E-state index in [1.54, 1.807) is 30.3 Å². The first kappa shape index (κ1) is 24.3. The van der Waals surface area contributed by atoms with Crippen molar-refractivity contribution >= 4 is 38.6 Å². The Morgan fingerprint density at radius 3 is 2.56 bits per heavy atom. The van der Waals surface area contributed by atoms with Crippen molar-refractivity contribution < 1.29 is 13.2 Å². The number of carbonyl (C=O) groups excluding carboxylic acids is 1. The molecule has 1 N–H and O–H groups in total. The predicted octanol–water partition coefficient (Wildman–Crippen LogP) is 2.99. The summed E-state index contributed by atoms with van der Waals surface area (Å²) in [6, 6.07) is 13.3. The Hall–Kier alpha value is -3.41. The molecule has 2 aromatic heterocycles. The molecule has 1 saturated heterocycles. The Morgan fingerprint density at radius 2 is 1.86 bits per heavy atom. The summed E-state index contributed by atoms with van der Waals surface area (Å²) in [4.78, 5) is 32.1. The maximum atomic E-state index is 13.0. The van der Waals surface area contributed by atoms with Gasteiger partial charge in [-0.2, -0.15) is 4.31 Å². The van der Waals surface area contributed by atoms with Crippen LogP contribution in [0.25, 0.3) is 11.2 Å².